The van der Waals surface area contributed by atoms with Crippen LogP contribution in [0.3, 0.4) is 0 Å². The first-order valence-corrected chi connectivity index (χ1v) is 13.5. The van der Waals surface area contributed by atoms with Gasteiger partial charge in [0.15, 0.2) is 4.80 Å². The van der Waals surface area contributed by atoms with Crippen molar-refractivity contribution in [3.8, 4) is 0 Å². The molecule has 0 N–H and O–H groups in total. The average molecular weight is 519 g/mol. The normalized spacial score (nSPS) is 15.9. The van der Waals surface area contributed by atoms with E-state index in [2.05, 4.69) is 4.99 Å². The molecule has 4 rings (SSSR count). The van der Waals surface area contributed by atoms with Crippen LogP contribution in [0.1, 0.15) is 36.0 Å². The SMILES string of the molecule is COCCn1c(=NC(=O)c2ccc(S(=O)(=O)N3CCCCCC3)cc2)sc2ccc([N+](=O)[O-])cc21. The second-order valence-electron chi connectivity index (χ2n) is 8.20. The predicted octanol–water partition coefficient (Wildman–Crippen LogP) is 3.56. The Kier molecular flexibility index (Phi) is 7.75. The van der Waals surface area contributed by atoms with Crippen molar-refractivity contribution in [2.75, 3.05) is 26.8 Å². The minimum Gasteiger partial charge on any atom is -0.383 e. The van der Waals surface area contributed by atoms with E-state index in [0.29, 0.717) is 36.6 Å². The third-order valence-corrected chi connectivity index (χ3v) is 8.87. The van der Waals surface area contributed by atoms with Crippen molar-refractivity contribution in [1.29, 1.82) is 0 Å². The number of non-ortho nitro benzene ring substituents is 1. The molecule has 3 aromatic rings. The fourth-order valence-corrected chi connectivity index (χ4v) is 6.56. The predicted molar refractivity (Wildman–Crippen MR) is 132 cm³/mol. The highest BCUT2D eigenvalue weighted by atomic mass is 32.2. The second kappa shape index (κ2) is 10.8. The number of methoxy groups -OCH3 is 1. The molecular formula is C23H26N4O6S2. The van der Waals surface area contributed by atoms with Gasteiger partial charge in [-0.25, -0.2) is 8.42 Å². The van der Waals surface area contributed by atoms with E-state index in [9.17, 15) is 23.3 Å². The number of carbonyl (C=O) groups excluding carboxylic acids is 1. The minimum atomic E-state index is -3.61. The summed E-state index contributed by atoms with van der Waals surface area (Å²) in [5.74, 6) is -0.532. The van der Waals surface area contributed by atoms with Crippen molar-refractivity contribution < 1.29 is 22.9 Å². The van der Waals surface area contributed by atoms with Crippen LogP contribution in [0.25, 0.3) is 10.2 Å². The number of hydrogen-bond donors (Lipinski definition) is 0. The highest BCUT2D eigenvalue weighted by Crippen LogP contribution is 2.24. The number of benzene rings is 2. The summed E-state index contributed by atoms with van der Waals surface area (Å²) in [5.41, 5.74) is 0.786. The number of rotatable bonds is 7. The van der Waals surface area contributed by atoms with Crippen LogP contribution >= 0.6 is 11.3 Å². The van der Waals surface area contributed by atoms with Crippen molar-refractivity contribution in [2.45, 2.75) is 37.1 Å². The van der Waals surface area contributed by atoms with Gasteiger partial charge in [0.1, 0.15) is 0 Å². The molecule has 0 radical (unpaired) electrons. The summed E-state index contributed by atoms with van der Waals surface area (Å²) < 4.78 is 35.1. The van der Waals surface area contributed by atoms with Crippen molar-refractivity contribution in [3.63, 3.8) is 0 Å². The first kappa shape index (κ1) is 25.2. The number of hydrogen-bond acceptors (Lipinski definition) is 7. The average Bonchev–Trinajstić information content (AvgIpc) is 3.00. The minimum absolute atomic E-state index is 0.0550. The molecule has 1 aliphatic rings. The maximum atomic E-state index is 13.0. The Balaban J connectivity index is 1.65. The molecule has 1 aromatic heterocycles. The first-order chi connectivity index (χ1) is 16.8. The largest absolute Gasteiger partial charge is 0.383 e. The van der Waals surface area contributed by atoms with Gasteiger partial charge >= 0.3 is 0 Å². The maximum Gasteiger partial charge on any atom is 0.279 e. The van der Waals surface area contributed by atoms with Crippen molar-refractivity contribution in [3.05, 3.63) is 62.9 Å². The Labute approximate surface area is 206 Å². The molecule has 35 heavy (non-hydrogen) atoms. The van der Waals surface area contributed by atoms with Gasteiger partial charge in [0, 0.05) is 44.4 Å². The fourth-order valence-electron chi connectivity index (χ4n) is 4.01. The van der Waals surface area contributed by atoms with Crippen molar-refractivity contribution >= 4 is 43.2 Å². The Morgan fingerprint density at radius 1 is 1.11 bits per heavy atom. The van der Waals surface area contributed by atoms with Crippen LogP contribution in [-0.4, -0.2) is 54.9 Å². The molecule has 12 heteroatoms. The summed E-state index contributed by atoms with van der Waals surface area (Å²) in [4.78, 5) is 28.4. The highest BCUT2D eigenvalue weighted by molar-refractivity contribution is 7.89. The molecule has 0 spiro atoms. The first-order valence-electron chi connectivity index (χ1n) is 11.3. The van der Waals surface area contributed by atoms with E-state index in [4.69, 9.17) is 4.74 Å². The van der Waals surface area contributed by atoms with Gasteiger partial charge in [-0.05, 0) is 43.2 Å². The van der Waals surface area contributed by atoms with Crippen LogP contribution in [0.15, 0.2) is 52.4 Å². The molecule has 0 saturated carbocycles. The van der Waals surface area contributed by atoms with Crippen LogP contribution in [0.5, 0.6) is 0 Å². The van der Waals surface area contributed by atoms with E-state index in [1.807, 2.05) is 0 Å². The molecule has 1 saturated heterocycles. The van der Waals surface area contributed by atoms with Crippen LogP contribution in [0, 0.1) is 10.1 Å². The Morgan fingerprint density at radius 2 is 1.80 bits per heavy atom. The number of nitro groups is 1. The molecule has 1 aliphatic heterocycles. The molecule has 0 atom stereocenters. The summed E-state index contributed by atoms with van der Waals surface area (Å²) in [7, 11) is -2.07. The number of thiazole rings is 1. The number of fused-ring (bicyclic) bond motifs is 1. The van der Waals surface area contributed by atoms with Gasteiger partial charge in [-0.2, -0.15) is 9.30 Å². The molecular weight excluding hydrogens is 492 g/mol. The van der Waals surface area contributed by atoms with E-state index >= 15 is 0 Å². The smallest absolute Gasteiger partial charge is 0.279 e. The van der Waals surface area contributed by atoms with E-state index in [1.54, 1.807) is 17.7 Å². The number of ether oxygens (including phenoxy) is 1. The van der Waals surface area contributed by atoms with Crippen LogP contribution in [-0.2, 0) is 21.3 Å². The van der Waals surface area contributed by atoms with Gasteiger partial charge in [0.2, 0.25) is 10.0 Å². The molecule has 186 valence electrons. The van der Waals surface area contributed by atoms with E-state index in [-0.39, 0.29) is 16.1 Å². The molecule has 1 fully saturated rings. The molecule has 0 unspecified atom stereocenters. The number of nitrogens with zero attached hydrogens (tertiary/aromatic N) is 4. The van der Waals surface area contributed by atoms with Gasteiger partial charge in [0.25, 0.3) is 11.6 Å². The molecule has 2 heterocycles. The second-order valence-corrected chi connectivity index (χ2v) is 11.1. The molecule has 0 aliphatic carbocycles. The molecule has 1 amide bonds. The molecule has 2 aromatic carbocycles. The molecule has 0 bridgehead atoms. The van der Waals surface area contributed by atoms with E-state index in [0.717, 1.165) is 30.4 Å². The van der Waals surface area contributed by atoms with Crippen LogP contribution in [0.2, 0.25) is 0 Å². The summed E-state index contributed by atoms with van der Waals surface area (Å²) in [6.07, 6.45) is 3.74. The van der Waals surface area contributed by atoms with Gasteiger partial charge < -0.3 is 9.30 Å². The van der Waals surface area contributed by atoms with Gasteiger partial charge in [-0.15, -0.1) is 0 Å². The van der Waals surface area contributed by atoms with Gasteiger partial charge in [0.05, 0.1) is 26.6 Å². The zero-order chi connectivity index (χ0) is 25.0. The lowest BCUT2D eigenvalue weighted by atomic mass is 10.2. The number of nitro benzene ring substituents is 1. The lowest BCUT2D eigenvalue weighted by Gasteiger charge is -2.19. The van der Waals surface area contributed by atoms with Crippen LogP contribution < -0.4 is 4.80 Å². The summed E-state index contributed by atoms with van der Waals surface area (Å²) in [6, 6.07) is 10.3. The number of amides is 1. The highest BCUT2D eigenvalue weighted by Gasteiger charge is 2.25. The lowest BCUT2D eigenvalue weighted by Crippen LogP contribution is -2.31. The zero-order valence-electron chi connectivity index (χ0n) is 19.3. The third-order valence-electron chi connectivity index (χ3n) is 5.90. The summed E-state index contributed by atoms with van der Waals surface area (Å²) in [6.45, 7) is 1.70. The zero-order valence-corrected chi connectivity index (χ0v) is 20.9. The van der Waals surface area contributed by atoms with Gasteiger partial charge in [-0.1, -0.05) is 24.2 Å². The quantitative estimate of drug-likeness (QED) is 0.348. The maximum absolute atomic E-state index is 13.0. The van der Waals surface area contributed by atoms with E-state index < -0.39 is 20.9 Å². The number of aromatic nitrogens is 1. The Morgan fingerprint density at radius 3 is 2.43 bits per heavy atom. The van der Waals surface area contributed by atoms with Gasteiger partial charge in [-0.3, -0.25) is 14.9 Å². The topological polar surface area (TPSA) is 124 Å². The van der Waals surface area contributed by atoms with Crippen molar-refractivity contribution in [2.24, 2.45) is 4.99 Å². The lowest BCUT2D eigenvalue weighted by molar-refractivity contribution is -0.384. The fraction of sp³-hybridized carbons (Fsp3) is 0.391. The number of carbonyl (C=O) groups is 1. The Hall–Kier alpha value is -2.93. The third kappa shape index (κ3) is 5.50. The van der Waals surface area contributed by atoms with E-state index in [1.165, 1.54) is 52.0 Å². The summed E-state index contributed by atoms with van der Waals surface area (Å²) in [5, 5.41) is 11.2. The standard InChI is InChI=1S/C23H26N4O6S2/c1-33-15-14-26-20-16-18(27(29)30)8-11-21(20)34-23(26)24-22(28)17-6-9-19(10-7-17)35(31,32)25-12-4-2-3-5-13-25/h6-11,16H,2-5,12-15H2,1H3. The van der Waals surface area contributed by atoms with Crippen molar-refractivity contribution in [1.82, 2.24) is 8.87 Å². The number of sulfonamides is 1. The summed E-state index contributed by atoms with van der Waals surface area (Å²) >= 11 is 1.24. The van der Waals surface area contributed by atoms with Crippen LogP contribution in [0.4, 0.5) is 5.69 Å². The Bertz CT molecular complexity index is 1400. The monoisotopic (exact) mass is 518 g/mol. The molecule has 10 nitrogen and oxygen atoms in total.